The maximum Gasteiger partial charge on any atom is 0.289 e. The van der Waals surface area contributed by atoms with Gasteiger partial charge in [-0.15, -0.1) is 10.2 Å². The molecule has 1 saturated carbocycles. The van der Waals surface area contributed by atoms with E-state index >= 15 is 0 Å². The smallest absolute Gasteiger partial charge is 0.289 e. The summed E-state index contributed by atoms with van der Waals surface area (Å²) >= 11 is 0. The second-order valence-electron chi connectivity index (χ2n) is 9.59. The summed E-state index contributed by atoms with van der Waals surface area (Å²) < 4.78 is 8.31. The van der Waals surface area contributed by atoms with E-state index in [0.29, 0.717) is 19.0 Å². The quantitative estimate of drug-likeness (QED) is 0.686. The van der Waals surface area contributed by atoms with Gasteiger partial charge in [-0.25, -0.2) is 0 Å². The molecule has 32 heavy (non-hydrogen) atoms. The normalized spacial score (nSPS) is 23.8. The largest absolute Gasteiger partial charge is 0.364 e. The first-order valence-corrected chi connectivity index (χ1v) is 11.7. The van der Waals surface area contributed by atoms with Crippen LogP contribution in [0.1, 0.15) is 54.1 Å². The molecule has 6 rings (SSSR count). The van der Waals surface area contributed by atoms with Crippen LogP contribution in [-0.4, -0.2) is 50.3 Å². The Morgan fingerprint density at radius 2 is 1.94 bits per heavy atom. The lowest BCUT2D eigenvalue weighted by Crippen LogP contribution is -2.45. The van der Waals surface area contributed by atoms with Crippen LogP contribution >= 0.6 is 0 Å². The molecule has 2 fully saturated rings. The highest BCUT2D eigenvalue weighted by molar-refractivity contribution is 5.91. The number of nitrogens with zero attached hydrogens (tertiary/aromatic N) is 4. The fraction of sp³-hybridized carbons (Fsp3) is 0.480. The zero-order valence-corrected chi connectivity index (χ0v) is 18.3. The van der Waals surface area contributed by atoms with Crippen LogP contribution in [0.4, 0.5) is 0 Å². The zero-order chi connectivity index (χ0) is 21.5. The summed E-state index contributed by atoms with van der Waals surface area (Å²) in [6.45, 7) is 3.78. The summed E-state index contributed by atoms with van der Waals surface area (Å²) in [5, 5.41) is 14.2. The molecule has 1 aliphatic carbocycles. The molecule has 7 heteroatoms. The van der Waals surface area contributed by atoms with Crippen molar-refractivity contribution in [3.63, 3.8) is 0 Å². The fourth-order valence-electron chi connectivity index (χ4n) is 5.55. The molecule has 1 amide bonds. The summed E-state index contributed by atoms with van der Waals surface area (Å²) in [5.74, 6) is 1.08. The number of aromatic nitrogens is 3. The van der Waals surface area contributed by atoms with E-state index in [1.165, 1.54) is 29.2 Å². The molecule has 1 aromatic heterocycles. The van der Waals surface area contributed by atoms with Crippen LogP contribution in [0.5, 0.6) is 0 Å². The summed E-state index contributed by atoms with van der Waals surface area (Å²) in [6.07, 6.45) is 5.44. The second kappa shape index (κ2) is 7.98. The molecule has 2 aliphatic heterocycles. The Hall–Kier alpha value is -2.77. The minimum Gasteiger partial charge on any atom is -0.364 e. The van der Waals surface area contributed by atoms with Crippen molar-refractivity contribution in [2.45, 2.75) is 63.4 Å². The monoisotopic (exact) mass is 431 g/mol. The van der Waals surface area contributed by atoms with Gasteiger partial charge < -0.3 is 14.6 Å². The standard InChI is InChI=1S/C25H29N5O2/c31-24(26-21-7-3-4-8-21)23-28-27-22-15-32-25(17-30(22)23)11-12-29(16-25)14-18-9-10-19-5-1-2-6-20(19)13-18/h1-2,5-6,9-10,13,21H,3-4,7-8,11-12,14-17H2,(H,26,31). The lowest BCUT2D eigenvalue weighted by Gasteiger charge is -2.34. The van der Waals surface area contributed by atoms with Gasteiger partial charge in [-0.3, -0.25) is 9.69 Å². The molecular weight excluding hydrogens is 402 g/mol. The molecule has 166 valence electrons. The van der Waals surface area contributed by atoms with E-state index in [4.69, 9.17) is 4.74 Å². The first kappa shape index (κ1) is 19.9. The molecule has 1 spiro atoms. The van der Waals surface area contributed by atoms with Crippen molar-refractivity contribution in [3.8, 4) is 0 Å². The molecular formula is C25H29N5O2. The number of rotatable bonds is 4. The minimum absolute atomic E-state index is 0.0984. The van der Waals surface area contributed by atoms with Gasteiger partial charge in [0, 0.05) is 25.7 Å². The number of benzene rings is 2. The Morgan fingerprint density at radius 1 is 1.09 bits per heavy atom. The molecule has 0 radical (unpaired) electrons. The number of hydrogen-bond donors (Lipinski definition) is 1. The number of amides is 1. The molecule has 3 heterocycles. The van der Waals surface area contributed by atoms with Gasteiger partial charge in [0.2, 0.25) is 5.82 Å². The van der Waals surface area contributed by atoms with E-state index < -0.39 is 0 Å². The van der Waals surface area contributed by atoms with Gasteiger partial charge in [-0.1, -0.05) is 49.2 Å². The molecule has 7 nitrogen and oxygen atoms in total. The molecule has 1 saturated heterocycles. The van der Waals surface area contributed by atoms with Gasteiger partial charge in [-0.05, 0) is 41.7 Å². The Kier molecular flexibility index (Phi) is 4.96. The summed E-state index contributed by atoms with van der Waals surface area (Å²) in [5.41, 5.74) is 1.03. The third kappa shape index (κ3) is 3.69. The topological polar surface area (TPSA) is 72.3 Å². The SMILES string of the molecule is O=C(NC1CCCC1)c1nnc2n1CC1(CCN(Cc3ccc4ccccc4c3)C1)OC2. The lowest BCUT2D eigenvalue weighted by atomic mass is 10.0. The highest BCUT2D eigenvalue weighted by atomic mass is 16.5. The lowest BCUT2D eigenvalue weighted by molar-refractivity contribution is -0.0828. The van der Waals surface area contributed by atoms with Gasteiger partial charge in [0.1, 0.15) is 12.2 Å². The molecule has 0 bridgehead atoms. The van der Waals surface area contributed by atoms with Crippen molar-refractivity contribution in [1.29, 1.82) is 0 Å². The number of nitrogens with one attached hydrogen (secondary N) is 1. The van der Waals surface area contributed by atoms with E-state index in [1.807, 2.05) is 4.57 Å². The van der Waals surface area contributed by atoms with Crippen molar-refractivity contribution in [1.82, 2.24) is 25.0 Å². The van der Waals surface area contributed by atoms with Gasteiger partial charge in [0.05, 0.1) is 6.54 Å². The maximum absolute atomic E-state index is 12.9. The second-order valence-corrected chi connectivity index (χ2v) is 9.59. The minimum atomic E-state index is -0.283. The van der Waals surface area contributed by atoms with Crippen molar-refractivity contribution in [3.05, 3.63) is 59.7 Å². The van der Waals surface area contributed by atoms with Gasteiger partial charge in [0.15, 0.2) is 5.82 Å². The van der Waals surface area contributed by atoms with E-state index in [-0.39, 0.29) is 17.6 Å². The van der Waals surface area contributed by atoms with Crippen molar-refractivity contribution in [2.75, 3.05) is 13.1 Å². The maximum atomic E-state index is 12.9. The number of fused-ring (bicyclic) bond motifs is 2. The van der Waals surface area contributed by atoms with Crippen LogP contribution in [0.15, 0.2) is 42.5 Å². The predicted molar refractivity (Wildman–Crippen MR) is 121 cm³/mol. The number of carbonyl (C=O) groups is 1. The molecule has 1 N–H and O–H groups in total. The van der Waals surface area contributed by atoms with E-state index in [9.17, 15) is 4.79 Å². The molecule has 3 aliphatic rings. The predicted octanol–water partition coefficient (Wildman–Crippen LogP) is 3.28. The molecule has 3 aromatic rings. The van der Waals surface area contributed by atoms with Crippen LogP contribution in [0.2, 0.25) is 0 Å². The Bertz CT molecular complexity index is 1150. The van der Waals surface area contributed by atoms with Gasteiger partial charge in [0.25, 0.3) is 5.91 Å². The van der Waals surface area contributed by atoms with Gasteiger partial charge >= 0.3 is 0 Å². The van der Waals surface area contributed by atoms with E-state index in [1.54, 1.807) is 0 Å². The van der Waals surface area contributed by atoms with Crippen LogP contribution in [0.3, 0.4) is 0 Å². The number of hydrogen-bond acceptors (Lipinski definition) is 5. The van der Waals surface area contributed by atoms with E-state index in [2.05, 4.69) is 62.9 Å². The summed E-state index contributed by atoms with van der Waals surface area (Å²) in [6, 6.07) is 15.5. The van der Waals surface area contributed by atoms with Crippen LogP contribution in [0.25, 0.3) is 10.8 Å². The Labute approximate surface area is 187 Å². The van der Waals surface area contributed by atoms with Crippen molar-refractivity contribution in [2.24, 2.45) is 0 Å². The summed E-state index contributed by atoms with van der Waals surface area (Å²) in [4.78, 5) is 15.3. The Balaban J connectivity index is 1.15. The molecule has 1 atom stereocenters. The van der Waals surface area contributed by atoms with E-state index in [0.717, 1.165) is 44.7 Å². The van der Waals surface area contributed by atoms with Crippen LogP contribution < -0.4 is 5.32 Å². The van der Waals surface area contributed by atoms with Crippen LogP contribution in [-0.2, 0) is 24.4 Å². The first-order valence-electron chi connectivity index (χ1n) is 11.7. The number of ether oxygens (including phenoxy) is 1. The van der Waals surface area contributed by atoms with Crippen molar-refractivity contribution >= 4 is 16.7 Å². The zero-order valence-electron chi connectivity index (χ0n) is 18.3. The third-order valence-electron chi connectivity index (χ3n) is 7.29. The Morgan fingerprint density at radius 3 is 2.81 bits per heavy atom. The first-order chi connectivity index (χ1) is 15.7. The third-order valence-corrected chi connectivity index (χ3v) is 7.29. The fourth-order valence-corrected chi connectivity index (χ4v) is 5.55. The molecule has 2 aromatic carbocycles. The average molecular weight is 432 g/mol. The highest BCUT2D eigenvalue weighted by Gasteiger charge is 2.44. The number of carbonyl (C=O) groups excluding carboxylic acids is 1. The average Bonchev–Trinajstić information content (AvgIpc) is 3.55. The number of likely N-dealkylation sites (tertiary alicyclic amines) is 1. The molecule has 1 unspecified atom stereocenters. The van der Waals surface area contributed by atoms with Crippen LogP contribution in [0, 0.1) is 0 Å². The van der Waals surface area contributed by atoms with Crippen molar-refractivity contribution < 1.29 is 9.53 Å². The summed E-state index contributed by atoms with van der Waals surface area (Å²) in [7, 11) is 0. The van der Waals surface area contributed by atoms with Gasteiger partial charge in [-0.2, -0.15) is 0 Å². The highest BCUT2D eigenvalue weighted by Crippen LogP contribution is 2.33.